The molecule has 1 aliphatic heterocycles. The van der Waals surface area contributed by atoms with Crippen LogP contribution in [0.25, 0.3) is 0 Å². The molecule has 6 nitrogen and oxygen atoms in total. The number of amides is 2. The van der Waals surface area contributed by atoms with Gasteiger partial charge in [0.1, 0.15) is 0 Å². The van der Waals surface area contributed by atoms with E-state index >= 15 is 0 Å². The van der Waals surface area contributed by atoms with Gasteiger partial charge < -0.3 is 15.3 Å². The highest BCUT2D eigenvalue weighted by Crippen LogP contribution is 2.33. The fourth-order valence-electron chi connectivity index (χ4n) is 3.23. The van der Waals surface area contributed by atoms with Gasteiger partial charge in [-0.25, -0.2) is 0 Å². The number of aliphatic carboxylic acids is 1. The normalized spacial score (nSPS) is 19.3. The second kappa shape index (κ2) is 8.14. The lowest BCUT2D eigenvalue weighted by Gasteiger charge is -2.16. The Morgan fingerprint density at radius 3 is 2.54 bits per heavy atom. The molecule has 2 heterocycles. The Bertz CT molecular complexity index is 776. The van der Waals surface area contributed by atoms with Crippen LogP contribution in [0.3, 0.4) is 0 Å². The monoisotopic (exact) mass is 372 g/mol. The maximum absolute atomic E-state index is 12.4. The van der Waals surface area contributed by atoms with Gasteiger partial charge in [0, 0.05) is 32.0 Å². The van der Waals surface area contributed by atoms with Crippen LogP contribution in [0.4, 0.5) is 0 Å². The van der Waals surface area contributed by atoms with E-state index in [-0.39, 0.29) is 37.2 Å². The Morgan fingerprint density at radius 2 is 1.88 bits per heavy atom. The molecule has 0 unspecified atom stereocenters. The number of benzene rings is 1. The number of carboxylic acids is 1. The van der Waals surface area contributed by atoms with Crippen molar-refractivity contribution in [1.29, 1.82) is 0 Å². The van der Waals surface area contributed by atoms with Gasteiger partial charge in [-0.05, 0) is 17.0 Å². The smallest absolute Gasteiger partial charge is 0.308 e. The zero-order valence-corrected chi connectivity index (χ0v) is 14.9. The highest BCUT2D eigenvalue weighted by atomic mass is 32.1. The van der Waals surface area contributed by atoms with E-state index < -0.39 is 11.9 Å². The predicted octanol–water partition coefficient (Wildman–Crippen LogP) is 2.19. The molecule has 0 radical (unpaired) electrons. The number of nitrogens with one attached hydrogen (secondary N) is 1. The predicted molar refractivity (Wildman–Crippen MR) is 98.2 cm³/mol. The van der Waals surface area contributed by atoms with Gasteiger partial charge in [0.2, 0.25) is 5.91 Å². The summed E-state index contributed by atoms with van der Waals surface area (Å²) in [4.78, 5) is 38.1. The fourth-order valence-corrected chi connectivity index (χ4v) is 3.87. The van der Waals surface area contributed by atoms with E-state index in [2.05, 4.69) is 5.32 Å². The number of hydrogen-bond donors (Lipinski definition) is 2. The summed E-state index contributed by atoms with van der Waals surface area (Å²) in [5, 5.41) is 14.0. The molecular weight excluding hydrogens is 352 g/mol. The number of carbonyl (C=O) groups excluding carboxylic acids is 2. The zero-order chi connectivity index (χ0) is 18.5. The summed E-state index contributed by atoms with van der Waals surface area (Å²) in [6.45, 7) is 0.824. The van der Waals surface area contributed by atoms with E-state index in [1.54, 1.807) is 17.0 Å². The Morgan fingerprint density at radius 1 is 1.12 bits per heavy atom. The summed E-state index contributed by atoms with van der Waals surface area (Å²) in [6, 6.07) is 13.0. The topological polar surface area (TPSA) is 86.7 Å². The maximum Gasteiger partial charge on any atom is 0.308 e. The molecule has 0 spiro atoms. The third-order valence-corrected chi connectivity index (χ3v) is 5.46. The van der Waals surface area contributed by atoms with Crippen molar-refractivity contribution in [3.8, 4) is 0 Å². The van der Waals surface area contributed by atoms with Gasteiger partial charge in [-0.3, -0.25) is 14.4 Å². The van der Waals surface area contributed by atoms with Crippen molar-refractivity contribution >= 4 is 29.1 Å². The Labute approximate surface area is 155 Å². The molecule has 0 bridgehead atoms. The summed E-state index contributed by atoms with van der Waals surface area (Å²) < 4.78 is 0. The van der Waals surface area contributed by atoms with Crippen LogP contribution in [0.1, 0.15) is 27.6 Å². The quantitative estimate of drug-likeness (QED) is 0.814. The third kappa shape index (κ3) is 4.11. The van der Waals surface area contributed by atoms with Crippen molar-refractivity contribution in [2.45, 2.75) is 12.3 Å². The van der Waals surface area contributed by atoms with Crippen LogP contribution >= 0.6 is 11.3 Å². The maximum atomic E-state index is 12.4. The standard InChI is InChI=1S/C19H20N2O4S/c22-17(8-9-20-18(23)16-7-4-10-26-16)21-11-14(15(12-21)19(24)25)13-5-2-1-3-6-13/h1-7,10,14-15H,8-9,11-12H2,(H,20,23)(H,24,25)/t14-,15-/m1/s1. The van der Waals surface area contributed by atoms with Crippen LogP contribution in [0.15, 0.2) is 47.8 Å². The van der Waals surface area contributed by atoms with Crippen LogP contribution < -0.4 is 5.32 Å². The van der Waals surface area contributed by atoms with Gasteiger partial charge in [-0.1, -0.05) is 36.4 Å². The zero-order valence-electron chi connectivity index (χ0n) is 14.1. The van der Waals surface area contributed by atoms with Crippen molar-refractivity contribution in [2.24, 2.45) is 5.92 Å². The number of likely N-dealkylation sites (tertiary alicyclic amines) is 1. The number of carbonyl (C=O) groups is 3. The highest BCUT2D eigenvalue weighted by Gasteiger charge is 2.40. The second-order valence-electron chi connectivity index (χ2n) is 6.24. The number of rotatable bonds is 6. The minimum Gasteiger partial charge on any atom is -0.481 e. The van der Waals surface area contributed by atoms with Crippen molar-refractivity contribution in [1.82, 2.24) is 10.2 Å². The molecule has 3 rings (SSSR count). The number of hydrogen-bond acceptors (Lipinski definition) is 4. The van der Waals surface area contributed by atoms with Gasteiger partial charge in [0.25, 0.3) is 5.91 Å². The minimum atomic E-state index is -0.889. The van der Waals surface area contributed by atoms with Crippen LogP contribution in [0.5, 0.6) is 0 Å². The Balaban J connectivity index is 1.56. The Kier molecular flexibility index (Phi) is 5.68. The molecule has 1 fully saturated rings. The molecule has 26 heavy (non-hydrogen) atoms. The molecule has 0 aliphatic carbocycles. The Hall–Kier alpha value is -2.67. The van der Waals surface area contributed by atoms with E-state index in [9.17, 15) is 19.5 Å². The lowest BCUT2D eigenvalue weighted by Crippen LogP contribution is -2.33. The molecule has 2 atom stereocenters. The lowest BCUT2D eigenvalue weighted by atomic mass is 9.89. The van der Waals surface area contributed by atoms with Crippen molar-refractivity contribution in [2.75, 3.05) is 19.6 Å². The third-order valence-electron chi connectivity index (χ3n) is 4.59. The first-order valence-electron chi connectivity index (χ1n) is 8.43. The average Bonchev–Trinajstić information content (AvgIpc) is 3.32. The van der Waals surface area contributed by atoms with Gasteiger partial charge in [-0.2, -0.15) is 0 Å². The van der Waals surface area contributed by atoms with E-state index in [1.165, 1.54) is 11.3 Å². The van der Waals surface area contributed by atoms with E-state index in [1.807, 2.05) is 35.7 Å². The molecule has 2 N–H and O–H groups in total. The van der Waals surface area contributed by atoms with Crippen molar-refractivity contribution in [3.05, 3.63) is 58.3 Å². The summed E-state index contributed by atoms with van der Waals surface area (Å²) in [7, 11) is 0. The lowest BCUT2D eigenvalue weighted by molar-refractivity contribution is -0.141. The first kappa shape index (κ1) is 18.1. The van der Waals surface area contributed by atoms with Crippen LogP contribution in [0.2, 0.25) is 0 Å². The molecule has 136 valence electrons. The van der Waals surface area contributed by atoms with Crippen LogP contribution in [-0.2, 0) is 9.59 Å². The van der Waals surface area contributed by atoms with Crippen LogP contribution in [-0.4, -0.2) is 47.4 Å². The highest BCUT2D eigenvalue weighted by molar-refractivity contribution is 7.12. The first-order chi connectivity index (χ1) is 12.6. The van der Waals surface area contributed by atoms with Gasteiger partial charge in [0.15, 0.2) is 0 Å². The largest absolute Gasteiger partial charge is 0.481 e. The SMILES string of the molecule is O=C(NCCC(=O)N1C[C@H](c2ccccc2)[C@H](C(=O)O)C1)c1cccs1. The minimum absolute atomic E-state index is 0.138. The van der Waals surface area contributed by atoms with Crippen molar-refractivity contribution in [3.63, 3.8) is 0 Å². The van der Waals surface area contributed by atoms with Gasteiger partial charge >= 0.3 is 5.97 Å². The molecule has 1 aromatic heterocycles. The molecule has 2 aromatic rings. The summed E-state index contributed by atoms with van der Waals surface area (Å²) in [5.41, 5.74) is 0.932. The molecule has 1 aliphatic rings. The van der Waals surface area contributed by atoms with E-state index in [0.717, 1.165) is 5.56 Å². The van der Waals surface area contributed by atoms with E-state index in [4.69, 9.17) is 0 Å². The molecule has 7 heteroatoms. The summed E-state index contributed by atoms with van der Waals surface area (Å²) >= 11 is 1.34. The van der Waals surface area contributed by atoms with Crippen LogP contribution in [0, 0.1) is 5.92 Å². The van der Waals surface area contributed by atoms with Gasteiger partial charge in [-0.15, -0.1) is 11.3 Å². The summed E-state index contributed by atoms with van der Waals surface area (Å²) in [6.07, 6.45) is 0.158. The molecular formula is C19H20N2O4S. The molecule has 2 amide bonds. The average molecular weight is 372 g/mol. The summed E-state index contributed by atoms with van der Waals surface area (Å²) in [5.74, 6) is -2.04. The van der Waals surface area contributed by atoms with E-state index in [0.29, 0.717) is 11.4 Å². The second-order valence-corrected chi connectivity index (χ2v) is 7.19. The molecule has 1 saturated heterocycles. The fraction of sp³-hybridized carbons (Fsp3) is 0.316. The number of nitrogens with zero attached hydrogens (tertiary/aromatic N) is 1. The molecule has 0 saturated carbocycles. The first-order valence-corrected chi connectivity index (χ1v) is 9.31. The molecule has 1 aromatic carbocycles. The number of thiophene rings is 1. The number of carboxylic acid groups (broad SMARTS) is 1. The van der Waals surface area contributed by atoms with Crippen molar-refractivity contribution < 1.29 is 19.5 Å². The van der Waals surface area contributed by atoms with Gasteiger partial charge in [0.05, 0.1) is 10.8 Å².